The van der Waals surface area contributed by atoms with Crippen molar-refractivity contribution in [3.63, 3.8) is 0 Å². The number of carboxylic acid groups (broad SMARTS) is 1. The standard InChI is InChI=1S/C13H16N2O4/c16-11(10-7-9(15-19-10)8-3-4-8)14-13(12(17)18)5-1-2-6-13/h7-8H,1-6H2,(H,14,16)(H,17,18). The molecule has 2 saturated carbocycles. The van der Waals surface area contributed by atoms with Crippen LogP contribution in [0.15, 0.2) is 10.6 Å². The fraction of sp³-hybridized carbons (Fsp3) is 0.615. The van der Waals surface area contributed by atoms with Gasteiger partial charge in [-0.3, -0.25) is 4.79 Å². The van der Waals surface area contributed by atoms with Gasteiger partial charge in [-0.15, -0.1) is 0 Å². The van der Waals surface area contributed by atoms with Gasteiger partial charge >= 0.3 is 5.97 Å². The fourth-order valence-electron chi connectivity index (χ4n) is 2.62. The van der Waals surface area contributed by atoms with Gasteiger partial charge < -0.3 is 14.9 Å². The number of aliphatic carboxylic acids is 1. The molecule has 102 valence electrons. The Hall–Kier alpha value is -1.85. The zero-order chi connectivity index (χ0) is 13.5. The second-order valence-corrected chi connectivity index (χ2v) is 5.44. The lowest BCUT2D eigenvalue weighted by molar-refractivity contribution is -0.144. The van der Waals surface area contributed by atoms with Gasteiger partial charge in [0.1, 0.15) is 5.54 Å². The van der Waals surface area contributed by atoms with Gasteiger partial charge in [-0.05, 0) is 25.7 Å². The second kappa shape index (κ2) is 4.36. The molecule has 0 aliphatic heterocycles. The maximum atomic E-state index is 12.1. The Balaban J connectivity index is 1.73. The molecule has 0 bridgehead atoms. The molecule has 0 aromatic carbocycles. The summed E-state index contributed by atoms with van der Waals surface area (Å²) in [6.07, 6.45) is 4.72. The lowest BCUT2D eigenvalue weighted by Gasteiger charge is -2.24. The van der Waals surface area contributed by atoms with E-state index in [-0.39, 0.29) is 5.76 Å². The van der Waals surface area contributed by atoms with Crippen LogP contribution in [0.25, 0.3) is 0 Å². The number of hydrogen-bond acceptors (Lipinski definition) is 4. The topological polar surface area (TPSA) is 92.4 Å². The highest BCUT2D eigenvalue weighted by atomic mass is 16.5. The van der Waals surface area contributed by atoms with E-state index in [1.807, 2.05) is 0 Å². The van der Waals surface area contributed by atoms with Crippen molar-refractivity contribution in [3.8, 4) is 0 Å². The van der Waals surface area contributed by atoms with E-state index in [9.17, 15) is 14.7 Å². The predicted octanol–water partition coefficient (Wildman–Crippen LogP) is 1.68. The third-order valence-electron chi connectivity index (χ3n) is 3.97. The zero-order valence-corrected chi connectivity index (χ0v) is 10.5. The Labute approximate surface area is 110 Å². The molecule has 1 amide bonds. The number of hydrogen-bond donors (Lipinski definition) is 2. The number of carboxylic acids is 1. The molecule has 1 heterocycles. The number of carbonyl (C=O) groups excluding carboxylic acids is 1. The van der Waals surface area contributed by atoms with Crippen molar-refractivity contribution in [1.82, 2.24) is 10.5 Å². The van der Waals surface area contributed by atoms with Crippen molar-refractivity contribution in [3.05, 3.63) is 17.5 Å². The molecule has 0 unspecified atom stereocenters. The van der Waals surface area contributed by atoms with Gasteiger partial charge in [0.05, 0.1) is 5.69 Å². The molecule has 2 N–H and O–H groups in total. The first-order valence-corrected chi connectivity index (χ1v) is 6.63. The van der Waals surface area contributed by atoms with Crippen LogP contribution in [0.5, 0.6) is 0 Å². The summed E-state index contributed by atoms with van der Waals surface area (Å²) in [5.74, 6) is -0.941. The third-order valence-corrected chi connectivity index (χ3v) is 3.97. The molecule has 0 atom stereocenters. The van der Waals surface area contributed by atoms with E-state index >= 15 is 0 Å². The van der Waals surface area contributed by atoms with Crippen molar-refractivity contribution < 1.29 is 19.2 Å². The number of aromatic nitrogens is 1. The highest BCUT2D eigenvalue weighted by molar-refractivity contribution is 5.95. The van der Waals surface area contributed by atoms with E-state index in [1.54, 1.807) is 6.07 Å². The van der Waals surface area contributed by atoms with Gasteiger partial charge in [0.15, 0.2) is 0 Å². The molecule has 2 aliphatic rings. The molecule has 6 nitrogen and oxygen atoms in total. The van der Waals surface area contributed by atoms with E-state index in [4.69, 9.17) is 4.52 Å². The normalized spacial score (nSPS) is 21.3. The fourth-order valence-corrected chi connectivity index (χ4v) is 2.62. The van der Waals surface area contributed by atoms with Crippen LogP contribution in [0.3, 0.4) is 0 Å². The molecular weight excluding hydrogens is 248 g/mol. The first kappa shape index (κ1) is 12.2. The maximum Gasteiger partial charge on any atom is 0.329 e. The molecule has 0 spiro atoms. The van der Waals surface area contributed by atoms with E-state index in [0.29, 0.717) is 18.8 Å². The van der Waals surface area contributed by atoms with Crippen molar-refractivity contribution in [2.75, 3.05) is 0 Å². The average molecular weight is 264 g/mol. The summed E-state index contributed by atoms with van der Waals surface area (Å²) in [5, 5.41) is 15.8. The van der Waals surface area contributed by atoms with Crippen LogP contribution in [0, 0.1) is 0 Å². The highest BCUT2D eigenvalue weighted by Crippen LogP contribution is 2.39. The van der Waals surface area contributed by atoms with Crippen LogP contribution in [-0.2, 0) is 4.79 Å². The van der Waals surface area contributed by atoms with E-state index in [0.717, 1.165) is 31.4 Å². The van der Waals surface area contributed by atoms with Gasteiger partial charge in [0.25, 0.3) is 5.91 Å². The summed E-state index contributed by atoms with van der Waals surface area (Å²) in [5.41, 5.74) is -0.343. The van der Waals surface area contributed by atoms with Gasteiger partial charge in [-0.25, -0.2) is 4.79 Å². The Morgan fingerprint density at radius 2 is 2.05 bits per heavy atom. The minimum atomic E-state index is -1.14. The largest absolute Gasteiger partial charge is 0.480 e. The number of rotatable bonds is 4. The summed E-state index contributed by atoms with van der Waals surface area (Å²) in [7, 11) is 0. The Morgan fingerprint density at radius 1 is 1.37 bits per heavy atom. The maximum absolute atomic E-state index is 12.1. The SMILES string of the molecule is O=C(NC1(C(=O)O)CCCC1)c1cc(C2CC2)no1. The summed E-state index contributed by atoms with van der Waals surface area (Å²) in [6, 6.07) is 1.62. The molecular formula is C13H16N2O4. The second-order valence-electron chi connectivity index (χ2n) is 5.44. The number of amides is 1. The van der Waals surface area contributed by atoms with Gasteiger partial charge in [0.2, 0.25) is 5.76 Å². The third kappa shape index (κ3) is 2.22. The highest BCUT2D eigenvalue weighted by Gasteiger charge is 2.43. The van der Waals surface area contributed by atoms with Crippen molar-refractivity contribution >= 4 is 11.9 Å². The van der Waals surface area contributed by atoms with Crippen LogP contribution in [-0.4, -0.2) is 27.7 Å². The van der Waals surface area contributed by atoms with Gasteiger partial charge in [0, 0.05) is 12.0 Å². The van der Waals surface area contributed by atoms with Crippen LogP contribution < -0.4 is 5.32 Å². The van der Waals surface area contributed by atoms with E-state index < -0.39 is 17.4 Å². The van der Waals surface area contributed by atoms with Gasteiger partial charge in [-0.1, -0.05) is 18.0 Å². The molecule has 19 heavy (non-hydrogen) atoms. The number of nitrogens with one attached hydrogen (secondary N) is 1. The van der Waals surface area contributed by atoms with Crippen LogP contribution in [0.4, 0.5) is 0 Å². The predicted molar refractivity (Wildman–Crippen MR) is 64.8 cm³/mol. The quantitative estimate of drug-likeness (QED) is 0.863. The Kier molecular flexibility index (Phi) is 2.80. The molecule has 2 aliphatic carbocycles. The Morgan fingerprint density at radius 3 is 2.63 bits per heavy atom. The Bertz CT molecular complexity index is 512. The van der Waals surface area contributed by atoms with Crippen molar-refractivity contribution in [2.24, 2.45) is 0 Å². The molecule has 6 heteroatoms. The van der Waals surface area contributed by atoms with Crippen LogP contribution in [0.2, 0.25) is 0 Å². The van der Waals surface area contributed by atoms with Gasteiger partial charge in [-0.2, -0.15) is 0 Å². The number of carbonyl (C=O) groups is 2. The van der Waals surface area contributed by atoms with E-state index in [1.165, 1.54) is 0 Å². The molecule has 2 fully saturated rings. The summed E-state index contributed by atoms with van der Waals surface area (Å²) >= 11 is 0. The van der Waals surface area contributed by atoms with Crippen molar-refractivity contribution in [2.45, 2.75) is 50.0 Å². The zero-order valence-electron chi connectivity index (χ0n) is 10.5. The monoisotopic (exact) mass is 264 g/mol. The smallest absolute Gasteiger partial charge is 0.329 e. The van der Waals surface area contributed by atoms with E-state index in [2.05, 4.69) is 10.5 Å². The summed E-state index contributed by atoms with van der Waals surface area (Å²) in [4.78, 5) is 23.4. The molecule has 0 radical (unpaired) electrons. The minimum absolute atomic E-state index is 0.106. The average Bonchev–Trinajstić information content (AvgIpc) is 2.93. The van der Waals surface area contributed by atoms with Crippen LogP contribution in [0.1, 0.15) is 60.7 Å². The van der Waals surface area contributed by atoms with Crippen molar-refractivity contribution in [1.29, 1.82) is 0 Å². The summed E-state index contributed by atoms with van der Waals surface area (Å²) < 4.78 is 5.01. The van der Waals surface area contributed by atoms with Crippen LogP contribution >= 0.6 is 0 Å². The molecule has 0 saturated heterocycles. The lowest BCUT2D eigenvalue weighted by atomic mass is 9.97. The lowest BCUT2D eigenvalue weighted by Crippen LogP contribution is -2.52. The number of nitrogens with zero attached hydrogens (tertiary/aromatic N) is 1. The first-order valence-electron chi connectivity index (χ1n) is 6.63. The minimum Gasteiger partial charge on any atom is -0.480 e. The summed E-state index contributed by atoms with van der Waals surface area (Å²) in [6.45, 7) is 0. The first-order chi connectivity index (χ1) is 9.11. The molecule has 1 aromatic rings. The molecule has 3 rings (SSSR count). The molecule has 1 aromatic heterocycles.